The first kappa shape index (κ1) is 20.5. The van der Waals surface area contributed by atoms with Crippen molar-refractivity contribution in [3.63, 3.8) is 0 Å². The summed E-state index contributed by atoms with van der Waals surface area (Å²) in [5.74, 6) is 0.907. The van der Waals surface area contributed by atoms with Gasteiger partial charge in [-0.1, -0.05) is 24.3 Å². The van der Waals surface area contributed by atoms with Gasteiger partial charge in [-0.15, -0.1) is 0 Å². The number of fused-ring (bicyclic) bond motifs is 1. The highest BCUT2D eigenvalue weighted by atomic mass is 16.5. The maximum absolute atomic E-state index is 5.31. The standard InChI is InChI=1S/C25H32N4O/c1-27-13-3-5-23-17-22(8-11-25(23)27)19-29(15-4-14-28-16-12-26-20-28)18-21-6-9-24(30-2)10-7-21/h6-12,16-17,20H,3-5,13-15,18-19H2,1-2H3. The molecule has 1 aliphatic heterocycles. The number of aromatic nitrogens is 2. The fourth-order valence-electron chi connectivity index (χ4n) is 4.29. The molecule has 1 aliphatic rings. The molecular weight excluding hydrogens is 372 g/mol. The van der Waals surface area contributed by atoms with Gasteiger partial charge in [-0.2, -0.15) is 0 Å². The van der Waals surface area contributed by atoms with Crippen molar-refractivity contribution < 1.29 is 4.74 Å². The van der Waals surface area contributed by atoms with E-state index in [-0.39, 0.29) is 0 Å². The zero-order chi connectivity index (χ0) is 20.8. The molecule has 0 amide bonds. The van der Waals surface area contributed by atoms with Crippen LogP contribution in [0.25, 0.3) is 0 Å². The van der Waals surface area contributed by atoms with Crippen LogP contribution in [-0.2, 0) is 26.1 Å². The number of hydrogen-bond acceptors (Lipinski definition) is 4. The third kappa shape index (κ3) is 5.22. The molecule has 0 saturated heterocycles. The third-order valence-electron chi connectivity index (χ3n) is 5.92. The van der Waals surface area contributed by atoms with E-state index in [1.165, 1.54) is 35.2 Å². The van der Waals surface area contributed by atoms with Gasteiger partial charge in [0, 0.05) is 57.9 Å². The molecule has 2 heterocycles. The van der Waals surface area contributed by atoms with Gasteiger partial charge >= 0.3 is 0 Å². The molecule has 0 atom stereocenters. The number of anilines is 1. The van der Waals surface area contributed by atoms with Crippen LogP contribution in [0.4, 0.5) is 5.69 Å². The topological polar surface area (TPSA) is 33.5 Å². The van der Waals surface area contributed by atoms with Crippen molar-refractivity contribution in [1.29, 1.82) is 0 Å². The minimum atomic E-state index is 0.907. The van der Waals surface area contributed by atoms with Gasteiger partial charge in [-0.25, -0.2) is 4.98 Å². The van der Waals surface area contributed by atoms with E-state index >= 15 is 0 Å². The molecule has 4 rings (SSSR count). The first-order valence-electron chi connectivity index (χ1n) is 10.9. The lowest BCUT2D eigenvalue weighted by Crippen LogP contribution is -2.26. The maximum Gasteiger partial charge on any atom is 0.118 e. The molecule has 0 bridgehead atoms. The van der Waals surface area contributed by atoms with Crippen molar-refractivity contribution in [2.75, 3.05) is 32.1 Å². The number of methoxy groups -OCH3 is 1. The summed E-state index contributed by atoms with van der Waals surface area (Å²) >= 11 is 0. The van der Waals surface area contributed by atoms with Crippen LogP contribution in [0.1, 0.15) is 29.5 Å². The van der Waals surface area contributed by atoms with Gasteiger partial charge in [0.2, 0.25) is 0 Å². The second-order valence-corrected chi connectivity index (χ2v) is 8.20. The number of hydrogen-bond donors (Lipinski definition) is 0. The summed E-state index contributed by atoms with van der Waals surface area (Å²) in [6.45, 7) is 5.09. The lowest BCUT2D eigenvalue weighted by atomic mass is 9.99. The lowest BCUT2D eigenvalue weighted by Gasteiger charge is -2.29. The predicted molar refractivity (Wildman–Crippen MR) is 122 cm³/mol. The quantitative estimate of drug-likeness (QED) is 0.530. The smallest absolute Gasteiger partial charge is 0.118 e. The van der Waals surface area contributed by atoms with Gasteiger partial charge in [0.05, 0.1) is 13.4 Å². The van der Waals surface area contributed by atoms with Crippen LogP contribution in [0.5, 0.6) is 5.75 Å². The van der Waals surface area contributed by atoms with Crippen molar-refractivity contribution in [3.05, 3.63) is 77.9 Å². The predicted octanol–water partition coefficient (Wildman–Crippen LogP) is 4.37. The Labute approximate surface area is 179 Å². The van der Waals surface area contributed by atoms with E-state index in [1.807, 2.05) is 30.9 Å². The van der Waals surface area contributed by atoms with E-state index < -0.39 is 0 Å². The molecule has 2 aromatic carbocycles. The highest BCUT2D eigenvalue weighted by molar-refractivity contribution is 5.56. The number of ether oxygens (including phenoxy) is 1. The Bertz CT molecular complexity index is 921. The van der Waals surface area contributed by atoms with Gasteiger partial charge in [0.25, 0.3) is 0 Å². The Balaban J connectivity index is 1.45. The molecule has 0 unspecified atom stereocenters. The molecule has 1 aromatic heterocycles. The van der Waals surface area contributed by atoms with Crippen LogP contribution in [0, 0.1) is 0 Å². The molecule has 0 aliphatic carbocycles. The zero-order valence-electron chi connectivity index (χ0n) is 18.1. The Hall–Kier alpha value is -2.79. The number of rotatable bonds is 9. The third-order valence-corrected chi connectivity index (χ3v) is 5.92. The van der Waals surface area contributed by atoms with Gasteiger partial charge in [-0.3, -0.25) is 4.90 Å². The highest BCUT2D eigenvalue weighted by Gasteiger charge is 2.15. The number of aryl methyl sites for hydroxylation is 2. The zero-order valence-corrected chi connectivity index (χ0v) is 18.1. The second kappa shape index (κ2) is 9.81. The van der Waals surface area contributed by atoms with Crippen LogP contribution < -0.4 is 9.64 Å². The van der Waals surface area contributed by atoms with Crippen molar-refractivity contribution in [2.45, 2.75) is 38.9 Å². The van der Waals surface area contributed by atoms with Gasteiger partial charge in [-0.05, 0) is 54.2 Å². The average Bonchev–Trinajstić information content (AvgIpc) is 3.28. The fraction of sp³-hybridized carbons (Fsp3) is 0.400. The first-order valence-corrected chi connectivity index (χ1v) is 10.9. The second-order valence-electron chi connectivity index (χ2n) is 8.20. The van der Waals surface area contributed by atoms with E-state index in [0.29, 0.717) is 0 Å². The van der Waals surface area contributed by atoms with Crippen LogP contribution in [0.15, 0.2) is 61.2 Å². The maximum atomic E-state index is 5.31. The Morgan fingerprint density at radius 1 is 1.07 bits per heavy atom. The molecular formula is C25H32N4O. The molecule has 30 heavy (non-hydrogen) atoms. The Morgan fingerprint density at radius 3 is 2.63 bits per heavy atom. The monoisotopic (exact) mass is 404 g/mol. The van der Waals surface area contributed by atoms with E-state index in [2.05, 4.69) is 56.7 Å². The van der Waals surface area contributed by atoms with Crippen LogP contribution >= 0.6 is 0 Å². The van der Waals surface area contributed by atoms with E-state index in [1.54, 1.807) is 7.11 Å². The lowest BCUT2D eigenvalue weighted by molar-refractivity contribution is 0.248. The van der Waals surface area contributed by atoms with E-state index in [9.17, 15) is 0 Å². The highest BCUT2D eigenvalue weighted by Crippen LogP contribution is 2.27. The van der Waals surface area contributed by atoms with Crippen molar-refractivity contribution in [2.24, 2.45) is 0 Å². The SMILES string of the molecule is COc1ccc(CN(CCCn2ccnc2)Cc2ccc3c(c2)CCCN3C)cc1. The minimum Gasteiger partial charge on any atom is -0.497 e. The van der Waals surface area contributed by atoms with E-state index in [0.717, 1.165) is 44.9 Å². The molecule has 0 saturated carbocycles. The number of imidazole rings is 1. The van der Waals surface area contributed by atoms with Gasteiger partial charge in [0.1, 0.15) is 5.75 Å². The van der Waals surface area contributed by atoms with E-state index in [4.69, 9.17) is 4.74 Å². The van der Waals surface area contributed by atoms with Gasteiger partial charge < -0.3 is 14.2 Å². The van der Waals surface area contributed by atoms with Crippen LogP contribution in [-0.4, -0.2) is 41.7 Å². The molecule has 158 valence electrons. The summed E-state index contributed by atoms with van der Waals surface area (Å²) in [5.41, 5.74) is 5.60. The molecule has 0 radical (unpaired) electrons. The van der Waals surface area contributed by atoms with Crippen molar-refractivity contribution in [3.8, 4) is 5.75 Å². The van der Waals surface area contributed by atoms with Crippen LogP contribution in [0.2, 0.25) is 0 Å². The summed E-state index contributed by atoms with van der Waals surface area (Å²) in [5, 5.41) is 0. The van der Waals surface area contributed by atoms with Crippen LogP contribution in [0.3, 0.4) is 0 Å². The number of nitrogens with zero attached hydrogens (tertiary/aromatic N) is 4. The van der Waals surface area contributed by atoms with Crippen molar-refractivity contribution >= 4 is 5.69 Å². The Morgan fingerprint density at radius 2 is 1.87 bits per heavy atom. The number of benzene rings is 2. The minimum absolute atomic E-state index is 0.907. The normalized spacial score (nSPS) is 13.5. The van der Waals surface area contributed by atoms with Crippen molar-refractivity contribution in [1.82, 2.24) is 14.5 Å². The molecule has 0 fully saturated rings. The largest absolute Gasteiger partial charge is 0.497 e. The summed E-state index contributed by atoms with van der Waals surface area (Å²) in [6.07, 6.45) is 9.31. The molecule has 5 heteroatoms. The fourth-order valence-corrected chi connectivity index (χ4v) is 4.29. The Kier molecular flexibility index (Phi) is 6.70. The average molecular weight is 405 g/mol. The summed E-state index contributed by atoms with van der Waals surface area (Å²) in [7, 11) is 3.91. The molecule has 5 nitrogen and oxygen atoms in total. The molecule has 0 spiro atoms. The summed E-state index contributed by atoms with van der Waals surface area (Å²) in [6, 6.07) is 15.5. The first-order chi connectivity index (χ1) is 14.7. The molecule has 0 N–H and O–H groups in total. The molecule has 3 aromatic rings. The summed E-state index contributed by atoms with van der Waals surface area (Å²) in [4.78, 5) is 9.08. The van der Waals surface area contributed by atoms with Gasteiger partial charge in [0.15, 0.2) is 0 Å². The summed E-state index contributed by atoms with van der Waals surface area (Å²) < 4.78 is 7.46.